The SMILES string of the molecule is CCn1c(SCC(=O)Nc2ccc(Cl)cc2Cl)nnc1-c1ccc(C(C)(C)C)cc1. The van der Waals surface area contributed by atoms with Gasteiger partial charge in [0.2, 0.25) is 5.91 Å². The number of halogens is 2. The summed E-state index contributed by atoms with van der Waals surface area (Å²) in [7, 11) is 0. The van der Waals surface area contributed by atoms with E-state index >= 15 is 0 Å². The van der Waals surface area contributed by atoms with E-state index in [0.717, 1.165) is 11.4 Å². The number of nitrogens with one attached hydrogen (secondary N) is 1. The van der Waals surface area contributed by atoms with Gasteiger partial charge in [-0.3, -0.25) is 4.79 Å². The van der Waals surface area contributed by atoms with Crippen LogP contribution in [0.15, 0.2) is 47.6 Å². The van der Waals surface area contributed by atoms with Gasteiger partial charge in [-0.15, -0.1) is 10.2 Å². The number of carbonyl (C=O) groups excluding carboxylic acids is 1. The average molecular weight is 463 g/mol. The second-order valence-corrected chi connectivity index (χ2v) is 9.62. The predicted molar refractivity (Wildman–Crippen MR) is 126 cm³/mol. The van der Waals surface area contributed by atoms with E-state index in [9.17, 15) is 4.79 Å². The monoisotopic (exact) mass is 462 g/mol. The maximum absolute atomic E-state index is 12.3. The molecule has 30 heavy (non-hydrogen) atoms. The van der Waals surface area contributed by atoms with E-state index in [-0.39, 0.29) is 17.1 Å². The van der Waals surface area contributed by atoms with Crippen molar-refractivity contribution in [2.24, 2.45) is 0 Å². The first-order valence-corrected chi connectivity index (χ1v) is 11.3. The van der Waals surface area contributed by atoms with Crippen LogP contribution in [0.25, 0.3) is 11.4 Å². The Balaban J connectivity index is 1.70. The molecule has 0 atom stereocenters. The lowest BCUT2D eigenvalue weighted by atomic mass is 9.87. The van der Waals surface area contributed by atoms with Crippen molar-refractivity contribution in [3.05, 3.63) is 58.1 Å². The fourth-order valence-corrected chi connectivity index (χ4v) is 4.18. The lowest BCUT2D eigenvalue weighted by Gasteiger charge is -2.19. The first-order chi connectivity index (χ1) is 14.2. The van der Waals surface area contributed by atoms with Crippen LogP contribution >= 0.6 is 35.0 Å². The van der Waals surface area contributed by atoms with Crippen LogP contribution in [-0.2, 0) is 16.8 Å². The topological polar surface area (TPSA) is 59.8 Å². The molecule has 0 fully saturated rings. The van der Waals surface area contributed by atoms with Gasteiger partial charge in [0.05, 0.1) is 16.5 Å². The van der Waals surface area contributed by atoms with Crippen molar-refractivity contribution < 1.29 is 4.79 Å². The van der Waals surface area contributed by atoms with Crippen LogP contribution in [0, 0.1) is 0 Å². The zero-order valence-corrected chi connectivity index (χ0v) is 19.7. The number of aromatic nitrogens is 3. The predicted octanol–water partition coefficient (Wildman–Crippen LogP) is 6.30. The molecular weight excluding hydrogens is 439 g/mol. The highest BCUT2D eigenvalue weighted by atomic mass is 35.5. The summed E-state index contributed by atoms with van der Waals surface area (Å²) in [6.45, 7) is 9.30. The summed E-state index contributed by atoms with van der Waals surface area (Å²) in [6.07, 6.45) is 0. The van der Waals surface area contributed by atoms with Crippen LogP contribution in [0.1, 0.15) is 33.3 Å². The van der Waals surface area contributed by atoms with Gasteiger partial charge in [-0.1, -0.05) is 80.0 Å². The van der Waals surface area contributed by atoms with E-state index < -0.39 is 0 Å². The van der Waals surface area contributed by atoms with Gasteiger partial charge < -0.3 is 9.88 Å². The zero-order chi connectivity index (χ0) is 21.9. The Labute approximate surface area is 191 Å². The third-order valence-corrected chi connectivity index (χ3v) is 6.09. The van der Waals surface area contributed by atoms with Crippen LogP contribution in [0.5, 0.6) is 0 Å². The summed E-state index contributed by atoms with van der Waals surface area (Å²) < 4.78 is 2.01. The summed E-state index contributed by atoms with van der Waals surface area (Å²) in [5.74, 6) is 0.813. The highest BCUT2D eigenvalue weighted by Crippen LogP contribution is 2.28. The number of hydrogen-bond acceptors (Lipinski definition) is 4. The number of thioether (sulfide) groups is 1. The van der Waals surface area contributed by atoms with Crippen molar-refractivity contribution >= 4 is 46.6 Å². The fraction of sp³-hybridized carbons (Fsp3) is 0.318. The first-order valence-electron chi connectivity index (χ1n) is 9.61. The first kappa shape index (κ1) is 22.7. The molecule has 1 N–H and O–H groups in total. The third kappa shape index (κ3) is 5.36. The maximum atomic E-state index is 12.3. The molecule has 0 aliphatic heterocycles. The van der Waals surface area contributed by atoms with Crippen LogP contribution < -0.4 is 5.32 Å². The van der Waals surface area contributed by atoms with Crippen LogP contribution in [-0.4, -0.2) is 26.4 Å². The largest absolute Gasteiger partial charge is 0.324 e. The molecule has 1 aromatic heterocycles. The van der Waals surface area contributed by atoms with Gasteiger partial charge >= 0.3 is 0 Å². The van der Waals surface area contributed by atoms with Gasteiger partial charge in [-0.2, -0.15) is 0 Å². The second kappa shape index (κ2) is 9.41. The molecule has 0 saturated carbocycles. The van der Waals surface area contributed by atoms with E-state index in [1.165, 1.54) is 17.3 Å². The highest BCUT2D eigenvalue weighted by Gasteiger charge is 2.17. The quantitative estimate of drug-likeness (QED) is 0.436. The summed E-state index contributed by atoms with van der Waals surface area (Å²) >= 11 is 13.3. The Morgan fingerprint density at radius 1 is 1.10 bits per heavy atom. The van der Waals surface area contributed by atoms with E-state index in [1.807, 2.05) is 11.5 Å². The van der Waals surface area contributed by atoms with Crippen molar-refractivity contribution in [2.45, 2.75) is 44.8 Å². The van der Waals surface area contributed by atoms with Crippen molar-refractivity contribution in [1.29, 1.82) is 0 Å². The molecule has 0 bridgehead atoms. The summed E-state index contributed by atoms with van der Waals surface area (Å²) in [5, 5.41) is 13.1. The molecule has 0 unspecified atom stereocenters. The molecule has 0 radical (unpaired) electrons. The Morgan fingerprint density at radius 2 is 1.80 bits per heavy atom. The molecule has 1 amide bonds. The number of rotatable bonds is 6. The van der Waals surface area contributed by atoms with Gasteiger partial charge in [0.1, 0.15) is 0 Å². The van der Waals surface area contributed by atoms with Crippen molar-refractivity contribution in [2.75, 3.05) is 11.1 Å². The van der Waals surface area contributed by atoms with Gasteiger partial charge in [0.15, 0.2) is 11.0 Å². The minimum atomic E-state index is -0.175. The zero-order valence-electron chi connectivity index (χ0n) is 17.4. The fourth-order valence-electron chi connectivity index (χ4n) is 2.92. The lowest BCUT2D eigenvalue weighted by molar-refractivity contribution is -0.113. The molecule has 8 heteroatoms. The van der Waals surface area contributed by atoms with Gasteiger partial charge in [-0.25, -0.2) is 0 Å². The number of amides is 1. The maximum Gasteiger partial charge on any atom is 0.234 e. The number of nitrogens with zero attached hydrogens (tertiary/aromatic N) is 3. The minimum Gasteiger partial charge on any atom is -0.324 e. The molecule has 5 nitrogen and oxygen atoms in total. The summed E-state index contributed by atoms with van der Waals surface area (Å²) in [5.41, 5.74) is 2.89. The van der Waals surface area contributed by atoms with Gasteiger partial charge in [0, 0.05) is 17.1 Å². The lowest BCUT2D eigenvalue weighted by Crippen LogP contribution is -2.15. The van der Waals surface area contributed by atoms with Gasteiger partial charge in [0.25, 0.3) is 0 Å². The van der Waals surface area contributed by atoms with E-state index in [4.69, 9.17) is 23.2 Å². The Morgan fingerprint density at radius 3 is 2.40 bits per heavy atom. The Bertz CT molecular complexity index is 1040. The molecule has 0 saturated heterocycles. The van der Waals surface area contributed by atoms with Crippen molar-refractivity contribution in [1.82, 2.24) is 14.8 Å². The standard InChI is InChI=1S/C22H24Cl2N4OS/c1-5-28-20(14-6-8-15(9-7-14)22(2,3)4)26-27-21(28)30-13-19(29)25-18-11-10-16(23)12-17(18)24/h6-12H,5,13H2,1-4H3,(H,25,29). The van der Waals surface area contributed by atoms with Crippen LogP contribution in [0.4, 0.5) is 5.69 Å². The van der Waals surface area contributed by atoms with Crippen LogP contribution in [0.2, 0.25) is 10.0 Å². The van der Waals surface area contributed by atoms with E-state index in [0.29, 0.717) is 27.4 Å². The van der Waals surface area contributed by atoms with E-state index in [2.05, 4.69) is 60.6 Å². The Hall–Kier alpha value is -2.02. The number of anilines is 1. The molecule has 0 aliphatic rings. The molecule has 3 aromatic rings. The molecule has 3 rings (SSSR count). The average Bonchev–Trinajstić information content (AvgIpc) is 3.11. The minimum absolute atomic E-state index is 0.0956. The molecule has 0 spiro atoms. The molecular formula is C22H24Cl2N4OS. The highest BCUT2D eigenvalue weighted by molar-refractivity contribution is 7.99. The van der Waals surface area contributed by atoms with E-state index in [1.54, 1.807) is 18.2 Å². The summed E-state index contributed by atoms with van der Waals surface area (Å²) in [6, 6.07) is 13.3. The van der Waals surface area contributed by atoms with Crippen LogP contribution in [0.3, 0.4) is 0 Å². The Kier molecular flexibility index (Phi) is 7.11. The molecule has 1 heterocycles. The number of carbonyl (C=O) groups is 1. The van der Waals surface area contributed by atoms with Crippen molar-refractivity contribution in [3.63, 3.8) is 0 Å². The summed E-state index contributed by atoms with van der Waals surface area (Å²) in [4.78, 5) is 12.3. The van der Waals surface area contributed by atoms with Gasteiger partial charge in [-0.05, 0) is 36.1 Å². The number of benzene rings is 2. The number of hydrogen-bond donors (Lipinski definition) is 1. The smallest absolute Gasteiger partial charge is 0.234 e. The normalized spacial score (nSPS) is 11.5. The third-order valence-electron chi connectivity index (χ3n) is 4.58. The molecule has 0 aliphatic carbocycles. The molecule has 2 aromatic carbocycles. The van der Waals surface area contributed by atoms with Crippen molar-refractivity contribution in [3.8, 4) is 11.4 Å². The second-order valence-electron chi connectivity index (χ2n) is 7.84. The molecule has 158 valence electrons.